The molecular formula is C30H24O6. The first-order chi connectivity index (χ1) is 17.5. The summed E-state index contributed by atoms with van der Waals surface area (Å²) < 4.78 is 18.1. The van der Waals surface area contributed by atoms with Crippen molar-refractivity contribution in [2.45, 2.75) is 12.2 Å². The molecule has 0 fully saturated rings. The molecule has 36 heavy (non-hydrogen) atoms. The zero-order valence-corrected chi connectivity index (χ0v) is 19.8. The first-order valence-electron chi connectivity index (χ1n) is 11.4. The van der Waals surface area contributed by atoms with E-state index in [1.807, 2.05) is 66.7 Å². The zero-order chi connectivity index (χ0) is 25.2. The summed E-state index contributed by atoms with van der Waals surface area (Å²) in [5.41, 5.74) is 3.65. The van der Waals surface area contributed by atoms with Gasteiger partial charge in [-0.15, -0.1) is 0 Å². The molecule has 6 heteroatoms. The van der Waals surface area contributed by atoms with E-state index in [1.165, 1.54) is 18.2 Å². The van der Waals surface area contributed by atoms with Gasteiger partial charge < -0.3 is 19.0 Å². The number of rotatable bonds is 7. The van der Waals surface area contributed by atoms with Crippen molar-refractivity contribution >= 4 is 27.9 Å². The molecule has 0 bridgehead atoms. The third-order valence-electron chi connectivity index (χ3n) is 6.33. The Balaban J connectivity index is 1.85. The molecular weight excluding hydrogens is 456 g/mol. The quantitative estimate of drug-likeness (QED) is 0.283. The van der Waals surface area contributed by atoms with E-state index in [9.17, 15) is 14.7 Å². The van der Waals surface area contributed by atoms with Crippen molar-refractivity contribution in [2.75, 3.05) is 14.2 Å². The number of carbonyl (C=O) groups is 1. The van der Waals surface area contributed by atoms with Crippen molar-refractivity contribution < 1.29 is 23.8 Å². The van der Waals surface area contributed by atoms with Crippen LogP contribution in [0.5, 0.6) is 0 Å². The molecule has 1 N–H and O–H groups in total. The average Bonchev–Trinajstić information content (AvgIpc) is 2.91. The lowest BCUT2D eigenvalue weighted by atomic mass is 9.92. The summed E-state index contributed by atoms with van der Waals surface area (Å²) in [6.07, 6.45) is -0.955. The molecule has 0 radical (unpaired) electrons. The Morgan fingerprint density at radius 2 is 1.36 bits per heavy atom. The van der Waals surface area contributed by atoms with Crippen LogP contribution in [0.25, 0.3) is 21.9 Å². The fraction of sp³-hybridized carbons (Fsp3) is 0.133. The Morgan fingerprint density at radius 3 is 1.94 bits per heavy atom. The summed E-state index contributed by atoms with van der Waals surface area (Å²) in [7, 11) is 3.23. The third kappa shape index (κ3) is 4.17. The number of ether oxygens (including phenoxy) is 2. The van der Waals surface area contributed by atoms with Crippen molar-refractivity contribution in [3.05, 3.63) is 129 Å². The number of fused-ring (bicyclic) bond motifs is 2. The largest absolute Gasteiger partial charge is 0.478 e. The topological polar surface area (TPSA) is 86.0 Å². The second-order valence-electron chi connectivity index (χ2n) is 8.49. The molecule has 0 aliphatic heterocycles. The van der Waals surface area contributed by atoms with Crippen molar-refractivity contribution in [3.8, 4) is 0 Å². The van der Waals surface area contributed by atoms with Gasteiger partial charge in [0.15, 0.2) is 0 Å². The molecule has 2 atom stereocenters. The van der Waals surface area contributed by atoms with E-state index < -0.39 is 18.2 Å². The molecule has 5 aromatic rings. The van der Waals surface area contributed by atoms with Crippen molar-refractivity contribution in [1.82, 2.24) is 0 Å². The fourth-order valence-electron chi connectivity index (χ4n) is 4.65. The minimum atomic E-state index is -1.11. The van der Waals surface area contributed by atoms with Crippen LogP contribution < -0.4 is 5.43 Å². The molecule has 0 spiro atoms. The minimum absolute atomic E-state index is 0.0173. The first-order valence-corrected chi connectivity index (χ1v) is 11.4. The Bertz CT molecular complexity index is 1610. The lowest BCUT2D eigenvalue weighted by Gasteiger charge is -2.22. The maximum atomic E-state index is 13.7. The molecule has 6 nitrogen and oxygen atoms in total. The van der Waals surface area contributed by atoms with Gasteiger partial charge in [-0.2, -0.15) is 0 Å². The van der Waals surface area contributed by atoms with E-state index in [0.717, 1.165) is 16.7 Å². The number of hydrogen-bond acceptors (Lipinski definition) is 5. The molecule has 0 aliphatic carbocycles. The van der Waals surface area contributed by atoms with Gasteiger partial charge in [0.1, 0.15) is 23.4 Å². The van der Waals surface area contributed by atoms with Crippen LogP contribution in [0.2, 0.25) is 0 Å². The molecule has 1 aromatic heterocycles. The summed E-state index contributed by atoms with van der Waals surface area (Å²) >= 11 is 0. The number of carboxylic acid groups (broad SMARTS) is 1. The van der Waals surface area contributed by atoms with Gasteiger partial charge in [-0.3, -0.25) is 4.79 Å². The minimum Gasteiger partial charge on any atom is -0.478 e. The van der Waals surface area contributed by atoms with Gasteiger partial charge in [0.25, 0.3) is 0 Å². The van der Waals surface area contributed by atoms with Crippen LogP contribution in [0.3, 0.4) is 0 Å². The summed E-state index contributed by atoms with van der Waals surface area (Å²) in [5, 5.41) is 9.96. The normalized spacial score (nSPS) is 13.1. The van der Waals surface area contributed by atoms with Gasteiger partial charge in [0.2, 0.25) is 5.43 Å². The van der Waals surface area contributed by atoms with E-state index in [4.69, 9.17) is 13.9 Å². The highest BCUT2D eigenvalue weighted by Crippen LogP contribution is 2.36. The van der Waals surface area contributed by atoms with Crippen molar-refractivity contribution in [2.24, 2.45) is 0 Å². The maximum absolute atomic E-state index is 13.7. The maximum Gasteiger partial charge on any atom is 0.335 e. The molecule has 0 amide bonds. The van der Waals surface area contributed by atoms with Gasteiger partial charge in [-0.05, 0) is 47.0 Å². The average molecular weight is 481 g/mol. The molecule has 2 unspecified atom stereocenters. The smallest absolute Gasteiger partial charge is 0.335 e. The summed E-state index contributed by atoms with van der Waals surface area (Å²) in [5.74, 6) is -1.11. The predicted molar refractivity (Wildman–Crippen MR) is 138 cm³/mol. The SMILES string of the molecule is COC(c1ccccc1)c1cc(C(OC)c2ccccc2)c2oc3ccc(C(=O)O)cc3c(=O)c2c1. The Morgan fingerprint density at radius 1 is 0.750 bits per heavy atom. The van der Waals surface area contributed by atoms with Crippen LogP contribution in [0.4, 0.5) is 0 Å². The number of hydrogen-bond donors (Lipinski definition) is 1. The summed E-state index contributed by atoms with van der Waals surface area (Å²) in [6.45, 7) is 0. The Labute approximate surface area is 207 Å². The number of aromatic carboxylic acids is 1. The van der Waals surface area contributed by atoms with Gasteiger partial charge in [0.05, 0.1) is 16.3 Å². The van der Waals surface area contributed by atoms with Crippen molar-refractivity contribution in [1.29, 1.82) is 0 Å². The van der Waals surface area contributed by atoms with Gasteiger partial charge in [0, 0.05) is 19.8 Å². The standard InChI is InChI=1S/C30H24O6/c1-34-27(18-9-5-3-6-10-18)21-16-23-26(31)22-15-20(30(32)33)13-14-25(22)36-29(23)24(17-21)28(35-2)19-11-7-4-8-12-19/h3-17,27-28H,1-2H3,(H,32,33). The highest BCUT2D eigenvalue weighted by molar-refractivity contribution is 5.97. The monoisotopic (exact) mass is 480 g/mol. The number of methoxy groups -OCH3 is 2. The Hall–Kier alpha value is -4.26. The van der Waals surface area contributed by atoms with Gasteiger partial charge in [-0.25, -0.2) is 4.79 Å². The van der Waals surface area contributed by atoms with Crippen LogP contribution in [-0.2, 0) is 9.47 Å². The van der Waals surface area contributed by atoms with Gasteiger partial charge in [-0.1, -0.05) is 60.7 Å². The molecule has 0 saturated carbocycles. The van der Waals surface area contributed by atoms with Gasteiger partial charge >= 0.3 is 5.97 Å². The van der Waals surface area contributed by atoms with Crippen molar-refractivity contribution in [3.63, 3.8) is 0 Å². The highest BCUT2D eigenvalue weighted by Gasteiger charge is 2.24. The van der Waals surface area contributed by atoms with Crippen LogP contribution in [0.15, 0.2) is 100 Å². The lowest BCUT2D eigenvalue weighted by molar-refractivity contribution is 0.0697. The van der Waals surface area contributed by atoms with Crippen LogP contribution in [0, 0.1) is 0 Å². The van der Waals surface area contributed by atoms with Crippen LogP contribution in [0.1, 0.15) is 44.8 Å². The third-order valence-corrected chi connectivity index (χ3v) is 6.33. The molecule has 5 rings (SSSR count). The Kier molecular flexibility index (Phi) is 6.38. The summed E-state index contributed by atoms with van der Waals surface area (Å²) in [4.78, 5) is 25.3. The van der Waals surface area contributed by atoms with Crippen LogP contribution >= 0.6 is 0 Å². The first kappa shape index (κ1) is 23.5. The highest BCUT2D eigenvalue weighted by atomic mass is 16.5. The number of benzene rings is 4. The van der Waals surface area contributed by atoms with E-state index >= 15 is 0 Å². The number of carboxylic acids is 1. The second kappa shape index (κ2) is 9.77. The van der Waals surface area contributed by atoms with E-state index in [1.54, 1.807) is 20.3 Å². The van der Waals surface area contributed by atoms with E-state index in [0.29, 0.717) is 22.1 Å². The molecule has 0 aliphatic rings. The lowest BCUT2D eigenvalue weighted by Crippen LogP contribution is -2.12. The zero-order valence-electron chi connectivity index (χ0n) is 19.8. The summed E-state index contributed by atoms with van der Waals surface area (Å²) in [6, 6.07) is 27.4. The second-order valence-corrected chi connectivity index (χ2v) is 8.49. The molecule has 0 saturated heterocycles. The fourth-order valence-corrected chi connectivity index (χ4v) is 4.65. The molecule has 180 valence electrons. The predicted octanol–water partition coefficient (Wildman–Crippen LogP) is 6.12. The molecule has 4 aromatic carbocycles. The van der Waals surface area contributed by atoms with Crippen LogP contribution in [-0.4, -0.2) is 25.3 Å². The van der Waals surface area contributed by atoms with E-state index in [2.05, 4.69) is 0 Å². The molecule has 1 heterocycles. The van der Waals surface area contributed by atoms with E-state index in [-0.39, 0.29) is 16.4 Å².